The fourth-order valence-corrected chi connectivity index (χ4v) is 6.43. The number of thiazole rings is 1. The topological polar surface area (TPSA) is 82.8 Å². The third-order valence-corrected chi connectivity index (χ3v) is 8.63. The molecule has 8 nitrogen and oxygen atoms in total. The monoisotopic (exact) mass is 534 g/mol. The van der Waals surface area contributed by atoms with Crippen molar-refractivity contribution in [2.24, 2.45) is 4.99 Å². The van der Waals surface area contributed by atoms with Gasteiger partial charge in [-0.25, -0.2) is 14.7 Å². The van der Waals surface area contributed by atoms with Crippen LogP contribution in [0.4, 0.5) is 10.5 Å². The number of imide groups is 1. The summed E-state index contributed by atoms with van der Waals surface area (Å²) in [6.45, 7) is 4.59. The molecule has 1 N–H and O–H groups in total. The Bertz CT molecular complexity index is 1350. The third kappa shape index (κ3) is 5.66. The van der Waals surface area contributed by atoms with E-state index in [2.05, 4.69) is 38.1 Å². The van der Waals surface area contributed by atoms with Crippen LogP contribution < -0.4 is 5.32 Å². The number of piperidine rings is 1. The highest BCUT2D eigenvalue weighted by Gasteiger charge is 2.40. The predicted molar refractivity (Wildman–Crippen MR) is 150 cm³/mol. The van der Waals surface area contributed by atoms with Gasteiger partial charge in [-0.05, 0) is 93.8 Å². The summed E-state index contributed by atoms with van der Waals surface area (Å²) < 4.78 is 2.30. The number of nitrogens with one attached hydrogen (secondary N) is 1. The molecule has 37 heavy (non-hydrogen) atoms. The molecule has 0 spiro atoms. The summed E-state index contributed by atoms with van der Waals surface area (Å²) in [5.41, 5.74) is 3.61. The fraction of sp³-hybridized carbons (Fsp3) is 0.407. The van der Waals surface area contributed by atoms with Crippen LogP contribution in [0.3, 0.4) is 0 Å². The number of thioether (sulfide) groups is 1. The molecule has 192 valence electrons. The maximum Gasteiger partial charge on any atom is 0.330 e. The van der Waals surface area contributed by atoms with Gasteiger partial charge in [0, 0.05) is 40.8 Å². The Morgan fingerprint density at radius 2 is 2.03 bits per heavy atom. The molecule has 3 aliphatic rings. The van der Waals surface area contributed by atoms with Gasteiger partial charge in [0.1, 0.15) is 0 Å². The molecule has 1 aliphatic carbocycles. The zero-order valence-electron chi connectivity index (χ0n) is 20.6. The molecule has 3 fully saturated rings. The zero-order valence-corrected chi connectivity index (χ0v) is 22.3. The number of amides is 3. The fourth-order valence-electron chi connectivity index (χ4n) is 4.83. The summed E-state index contributed by atoms with van der Waals surface area (Å²) >= 11 is 2.67. The lowest BCUT2D eigenvalue weighted by Gasteiger charge is -2.26. The number of likely N-dealkylation sites (tertiary alicyclic amines) is 1. The summed E-state index contributed by atoms with van der Waals surface area (Å²) in [5, 5.41) is 4.40. The number of carbonyl (C=O) groups is 2. The molecule has 2 aromatic heterocycles. The number of benzene rings is 1. The van der Waals surface area contributed by atoms with Crippen molar-refractivity contribution in [3.8, 4) is 0 Å². The van der Waals surface area contributed by atoms with Crippen molar-refractivity contribution < 1.29 is 9.59 Å². The van der Waals surface area contributed by atoms with Crippen molar-refractivity contribution in [1.82, 2.24) is 24.7 Å². The van der Waals surface area contributed by atoms with E-state index in [9.17, 15) is 9.59 Å². The second-order valence-electron chi connectivity index (χ2n) is 9.78. The molecule has 10 heteroatoms. The number of aromatic nitrogens is 2. The molecular weight excluding hydrogens is 504 g/mol. The highest BCUT2D eigenvalue weighted by Crippen LogP contribution is 2.36. The smallest absolute Gasteiger partial charge is 0.330 e. The zero-order chi connectivity index (χ0) is 25.2. The molecule has 2 aliphatic heterocycles. The maximum absolute atomic E-state index is 13.2. The summed E-state index contributed by atoms with van der Waals surface area (Å²) in [6, 6.07) is 7.92. The molecule has 4 heterocycles. The first-order valence-electron chi connectivity index (χ1n) is 13.0. The van der Waals surface area contributed by atoms with Crippen LogP contribution >= 0.6 is 23.1 Å². The first-order valence-corrected chi connectivity index (χ1v) is 14.7. The van der Waals surface area contributed by atoms with E-state index in [4.69, 9.17) is 4.99 Å². The van der Waals surface area contributed by atoms with E-state index in [-0.39, 0.29) is 11.9 Å². The van der Waals surface area contributed by atoms with E-state index < -0.39 is 6.03 Å². The molecule has 1 aromatic carbocycles. The van der Waals surface area contributed by atoms with Crippen LogP contribution in [-0.2, 0) is 11.3 Å². The van der Waals surface area contributed by atoms with E-state index in [0.717, 1.165) is 48.3 Å². The van der Waals surface area contributed by atoms with Crippen LogP contribution in [0.25, 0.3) is 17.0 Å². The minimum atomic E-state index is -0.410. The van der Waals surface area contributed by atoms with E-state index in [1.807, 2.05) is 12.1 Å². The summed E-state index contributed by atoms with van der Waals surface area (Å²) in [4.78, 5) is 40.0. The Morgan fingerprint density at radius 1 is 1.16 bits per heavy atom. The predicted octanol–water partition coefficient (Wildman–Crippen LogP) is 5.45. The van der Waals surface area contributed by atoms with Crippen LogP contribution in [-0.4, -0.2) is 62.1 Å². The SMILES string of the molecule is O=C(NC1CC1)N1C(=O)C(=Cc2cncs2)SC1=Nc1ccc2c(ccn2CCCN2CCCCC2)c1. The van der Waals surface area contributed by atoms with Gasteiger partial charge in [-0.1, -0.05) is 6.42 Å². The maximum atomic E-state index is 13.2. The number of rotatable bonds is 7. The molecule has 0 unspecified atom stereocenters. The molecule has 2 saturated heterocycles. The summed E-state index contributed by atoms with van der Waals surface area (Å²) in [7, 11) is 0. The third-order valence-electron chi connectivity index (χ3n) is 6.94. The van der Waals surface area contributed by atoms with Crippen LogP contribution in [0.5, 0.6) is 0 Å². The number of amidine groups is 1. The lowest BCUT2D eigenvalue weighted by atomic mass is 10.1. The Balaban J connectivity index is 1.21. The van der Waals surface area contributed by atoms with Gasteiger partial charge in [-0.2, -0.15) is 0 Å². The molecule has 0 bridgehead atoms. The quantitative estimate of drug-likeness (QED) is 0.408. The Morgan fingerprint density at radius 3 is 2.81 bits per heavy atom. The Hall–Kier alpha value is -2.95. The van der Waals surface area contributed by atoms with Gasteiger partial charge in [0.15, 0.2) is 5.17 Å². The molecule has 0 atom stereocenters. The Labute approximate surface area is 224 Å². The van der Waals surface area contributed by atoms with Crippen molar-refractivity contribution in [3.63, 3.8) is 0 Å². The van der Waals surface area contributed by atoms with E-state index >= 15 is 0 Å². The van der Waals surface area contributed by atoms with Crippen molar-refractivity contribution in [3.05, 3.63) is 52.0 Å². The van der Waals surface area contributed by atoms with Crippen molar-refractivity contribution in [2.45, 2.75) is 51.1 Å². The number of fused-ring (bicyclic) bond motifs is 1. The first-order chi connectivity index (χ1) is 18.1. The first kappa shape index (κ1) is 24.4. The molecule has 3 aromatic rings. The van der Waals surface area contributed by atoms with Crippen molar-refractivity contribution in [1.29, 1.82) is 0 Å². The largest absolute Gasteiger partial charge is 0.347 e. The lowest BCUT2D eigenvalue weighted by Crippen LogP contribution is -2.43. The van der Waals surface area contributed by atoms with E-state index in [1.54, 1.807) is 17.8 Å². The lowest BCUT2D eigenvalue weighted by molar-refractivity contribution is -0.120. The summed E-state index contributed by atoms with van der Waals surface area (Å²) in [5.74, 6) is -0.351. The van der Waals surface area contributed by atoms with Gasteiger partial charge < -0.3 is 14.8 Å². The van der Waals surface area contributed by atoms with Gasteiger partial charge in [-0.15, -0.1) is 11.3 Å². The van der Waals surface area contributed by atoms with Crippen LogP contribution in [0.15, 0.2) is 52.1 Å². The van der Waals surface area contributed by atoms with Gasteiger partial charge in [-0.3, -0.25) is 9.78 Å². The number of nitrogens with zero attached hydrogens (tertiary/aromatic N) is 5. The molecule has 3 amide bonds. The highest BCUT2D eigenvalue weighted by molar-refractivity contribution is 8.18. The number of carbonyl (C=O) groups excluding carboxylic acids is 2. The average Bonchev–Trinajstić information content (AvgIpc) is 3.27. The number of hydrogen-bond acceptors (Lipinski definition) is 7. The van der Waals surface area contributed by atoms with Gasteiger partial charge >= 0.3 is 6.03 Å². The summed E-state index contributed by atoms with van der Waals surface area (Å²) in [6.07, 6.45) is 12.7. The van der Waals surface area contributed by atoms with Gasteiger partial charge in [0.25, 0.3) is 5.91 Å². The van der Waals surface area contributed by atoms with Crippen molar-refractivity contribution >= 4 is 62.9 Å². The van der Waals surface area contributed by atoms with Crippen LogP contribution in [0.2, 0.25) is 0 Å². The van der Waals surface area contributed by atoms with E-state index in [0.29, 0.717) is 10.1 Å². The second-order valence-corrected chi connectivity index (χ2v) is 11.7. The van der Waals surface area contributed by atoms with Crippen molar-refractivity contribution in [2.75, 3.05) is 19.6 Å². The highest BCUT2D eigenvalue weighted by atomic mass is 32.2. The number of hydrogen-bond donors (Lipinski definition) is 1. The van der Waals surface area contributed by atoms with Crippen LogP contribution in [0.1, 0.15) is 43.4 Å². The number of aryl methyl sites for hydroxylation is 1. The van der Waals surface area contributed by atoms with Crippen LogP contribution in [0, 0.1) is 0 Å². The molecule has 0 radical (unpaired) electrons. The minimum absolute atomic E-state index is 0.145. The minimum Gasteiger partial charge on any atom is -0.347 e. The standard InChI is InChI=1S/C27H30N6O2S2/c34-25-24(16-22-17-28-18-36-22)37-27(33(25)26(35)29-20-5-6-20)30-21-7-8-23-19(15-21)9-14-32(23)13-4-12-31-10-2-1-3-11-31/h7-9,14-18,20H,1-6,10-13H2,(H,29,35). The normalized spacial score (nSPS) is 21.0. The molecular formula is C27H30N6O2S2. The van der Waals surface area contributed by atoms with E-state index in [1.165, 1.54) is 65.9 Å². The Kier molecular flexibility index (Phi) is 7.12. The number of urea groups is 1. The molecule has 6 rings (SSSR count). The van der Waals surface area contributed by atoms with Gasteiger partial charge in [0.2, 0.25) is 0 Å². The number of aliphatic imine (C=N–C) groups is 1. The molecule has 1 saturated carbocycles. The second kappa shape index (κ2) is 10.8. The average molecular weight is 535 g/mol. The van der Waals surface area contributed by atoms with Gasteiger partial charge in [0.05, 0.1) is 16.1 Å².